The van der Waals surface area contributed by atoms with Gasteiger partial charge in [-0.1, -0.05) is 11.6 Å². The van der Waals surface area contributed by atoms with E-state index < -0.39 is 11.9 Å². The summed E-state index contributed by atoms with van der Waals surface area (Å²) in [5.74, 6) is -1.27. The largest absolute Gasteiger partial charge is 0.481 e. The zero-order valence-electron chi connectivity index (χ0n) is 10.5. The maximum absolute atomic E-state index is 12.2. The molecule has 1 unspecified atom stereocenters. The molecule has 0 aliphatic carbocycles. The first-order chi connectivity index (χ1) is 8.97. The lowest BCUT2D eigenvalue weighted by molar-refractivity contribution is -0.141. The van der Waals surface area contributed by atoms with Gasteiger partial charge in [0.15, 0.2) is 0 Å². The number of nitrogens with zero attached hydrogens (tertiary/aromatic N) is 2. The number of likely N-dealkylation sites (tertiary alicyclic amines) is 1. The van der Waals surface area contributed by atoms with Crippen LogP contribution in [0.4, 0.5) is 4.79 Å². The Balaban J connectivity index is 1.91. The Morgan fingerprint density at radius 2 is 2.32 bits per heavy atom. The van der Waals surface area contributed by atoms with Crippen LogP contribution in [0.15, 0.2) is 12.1 Å². The van der Waals surface area contributed by atoms with Gasteiger partial charge in [0.25, 0.3) is 0 Å². The smallest absolute Gasteiger partial charge is 0.320 e. The number of carbonyl (C=O) groups is 2. The number of amides is 2. The Kier molecular flexibility index (Phi) is 4.31. The molecule has 1 atom stereocenters. The fourth-order valence-electron chi connectivity index (χ4n) is 2.12. The van der Waals surface area contributed by atoms with E-state index >= 15 is 0 Å². The third-order valence-corrected chi connectivity index (χ3v) is 4.37. The van der Waals surface area contributed by atoms with Crippen LogP contribution in [-0.4, -0.2) is 47.0 Å². The molecule has 2 amide bonds. The van der Waals surface area contributed by atoms with Crippen molar-refractivity contribution in [2.75, 3.05) is 20.1 Å². The summed E-state index contributed by atoms with van der Waals surface area (Å²) in [7, 11) is 1.71. The lowest BCUT2D eigenvalue weighted by atomic mass is 10.1. The van der Waals surface area contributed by atoms with Crippen LogP contribution in [0.1, 0.15) is 11.3 Å². The average molecular weight is 303 g/mol. The Morgan fingerprint density at radius 1 is 1.58 bits per heavy atom. The topological polar surface area (TPSA) is 60.9 Å². The molecule has 1 aliphatic heterocycles. The Labute approximate surface area is 120 Å². The van der Waals surface area contributed by atoms with Gasteiger partial charge in [0, 0.05) is 25.0 Å². The number of halogens is 1. The monoisotopic (exact) mass is 302 g/mol. The Morgan fingerprint density at radius 3 is 2.84 bits per heavy atom. The van der Waals surface area contributed by atoms with Gasteiger partial charge in [0.1, 0.15) is 0 Å². The van der Waals surface area contributed by atoms with Crippen molar-refractivity contribution in [2.24, 2.45) is 5.92 Å². The third kappa shape index (κ3) is 3.39. The molecular weight excluding hydrogens is 288 g/mol. The van der Waals surface area contributed by atoms with Crippen LogP contribution in [-0.2, 0) is 11.3 Å². The molecule has 0 saturated carbocycles. The van der Waals surface area contributed by atoms with Crippen molar-refractivity contribution >= 4 is 34.9 Å². The zero-order valence-corrected chi connectivity index (χ0v) is 12.1. The second kappa shape index (κ2) is 5.79. The van der Waals surface area contributed by atoms with Gasteiger partial charge in [0.05, 0.1) is 16.8 Å². The fourth-order valence-corrected chi connectivity index (χ4v) is 3.26. The van der Waals surface area contributed by atoms with Crippen LogP contribution in [0.2, 0.25) is 4.34 Å². The van der Waals surface area contributed by atoms with E-state index in [2.05, 4.69) is 0 Å². The standard InChI is InChI=1S/C12H15ClN2O3S/c1-14(7-9-2-3-10(13)19-9)12(18)15-5-4-8(6-15)11(16)17/h2-3,8H,4-7H2,1H3,(H,16,17). The van der Waals surface area contributed by atoms with E-state index in [9.17, 15) is 9.59 Å². The number of carboxylic acid groups (broad SMARTS) is 1. The first-order valence-electron chi connectivity index (χ1n) is 5.94. The molecule has 1 aromatic rings. The minimum absolute atomic E-state index is 0.131. The molecule has 5 nitrogen and oxygen atoms in total. The highest BCUT2D eigenvalue weighted by molar-refractivity contribution is 7.16. The second-order valence-corrected chi connectivity index (χ2v) is 6.41. The van der Waals surface area contributed by atoms with Gasteiger partial charge in [0.2, 0.25) is 0 Å². The molecule has 0 spiro atoms. The molecule has 1 aliphatic rings. The summed E-state index contributed by atoms with van der Waals surface area (Å²) in [5, 5.41) is 8.92. The normalized spacial score (nSPS) is 18.6. The van der Waals surface area contributed by atoms with Gasteiger partial charge in [-0.3, -0.25) is 4.79 Å². The molecule has 2 heterocycles. The number of carbonyl (C=O) groups excluding carboxylic acids is 1. The molecule has 1 saturated heterocycles. The molecule has 0 bridgehead atoms. The summed E-state index contributed by atoms with van der Waals surface area (Å²) in [5.41, 5.74) is 0. The maximum Gasteiger partial charge on any atom is 0.320 e. The number of carboxylic acids is 1. The number of urea groups is 1. The lowest BCUT2D eigenvalue weighted by Crippen LogP contribution is -2.39. The first-order valence-corrected chi connectivity index (χ1v) is 7.14. The molecule has 2 rings (SSSR count). The number of hydrogen-bond acceptors (Lipinski definition) is 3. The summed E-state index contributed by atoms with van der Waals surface area (Å²) >= 11 is 7.28. The second-order valence-electron chi connectivity index (χ2n) is 4.61. The molecule has 0 aromatic carbocycles. The van der Waals surface area contributed by atoms with Crippen molar-refractivity contribution in [3.8, 4) is 0 Å². The maximum atomic E-state index is 12.2. The molecule has 104 valence electrons. The molecule has 7 heteroatoms. The van der Waals surface area contributed by atoms with E-state index in [1.165, 1.54) is 11.3 Å². The van der Waals surface area contributed by atoms with E-state index in [4.69, 9.17) is 16.7 Å². The van der Waals surface area contributed by atoms with E-state index in [1.807, 2.05) is 6.07 Å². The number of rotatable bonds is 3. The van der Waals surface area contributed by atoms with Crippen molar-refractivity contribution < 1.29 is 14.7 Å². The van der Waals surface area contributed by atoms with E-state index in [1.54, 1.807) is 22.9 Å². The summed E-state index contributed by atoms with van der Waals surface area (Å²) in [6.07, 6.45) is 0.528. The van der Waals surface area contributed by atoms with Crippen molar-refractivity contribution in [3.05, 3.63) is 21.3 Å². The van der Waals surface area contributed by atoms with Crippen LogP contribution in [0.3, 0.4) is 0 Å². The molecular formula is C12H15ClN2O3S. The van der Waals surface area contributed by atoms with Gasteiger partial charge >= 0.3 is 12.0 Å². The van der Waals surface area contributed by atoms with Crippen molar-refractivity contribution in [1.29, 1.82) is 0 Å². The first kappa shape index (κ1) is 14.1. The average Bonchev–Trinajstić information content (AvgIpc) is 2.97. The van der Waals surface area contributed by atoms with E-state index in [0.29, 0.717) is 30.4 Å². The highest BCUT2D eigenvalue weighted by atomic mass is 35.5. The fraction of sp³-hybridized carbons (Fsp3) is 0.500. The molecule has 19 heavy (non-hydrogen) atoms. The summed E-state index contributed by atoms with van der Waals surface area (Å²) < 4.78 is 0.697. The highest BCUT2D eigenvalue weighted by Gasteiger charge is 2.32. The van der Waals surface area contributed by atoms with Crippen LogP contribution in [0, 0.1) is 5.92 Å². The molecule has 1 N–H and O–H groups in total. The highest BCUT2D eigenvalue weighted by Crippen LogP contribution is 2.23. The van der Waals surface area contributed by atoms with E-state index in [0.717, 1.165) is 4.88 Å². The molecule has 0 radical (unpaired) electrons. The van der Waals surface area contributed by atoms with Gasteiger partial charge in [-0.25, -0.2) is 4.79 Å². The third-order valence-electron chi connectivity index (χ3n) is 3.16. The SMILES string of the molecule is CN(Cc1ccc(Cl)s1)C(=O)N1CCC(C(=O)O)C1. The number of aliphatic carboxylic acids is 1. The quantitative estimate of drug-likeness (QED) is 0.932. The summed E-state index contributed by atoms with van der Waals surface area (Å²) in [6, 6.07) is 3.56. The van der Waals surface area contributed by atoms with Gasteiger partial charge in [-0.2, -0.15) is 0 Å². The van der Waals surface area contributed by atoms with Gasteiger partial charge < -0.3 is 14.9 Å². The predicted molar refractivity (Wildman–Crippen MR) is 73.5 cm³/mol. The van der Waals surface area contributed by atoms with Crippen molar-refractivity contribution in [3.63, 3.8) is 0 Å². The van der Waals surface area contributed by atoms with Crippen LogP contribution in [0.5, 0.6) is 0 Å². The van der Waals surface area contributed by atoms with Crippen LogP contribution >= 0.6 is 22.9 Å². The zero-order chi connectivity index (χ0) is 14.0. The van der Waals surface area contributed by atoms with Crippen LogP contribution in [0.25, 0.3) is 0 Å². The number of thiophene rings is 1. The van der Waals surface area contributed by atoms with Crippen molar-refractivity contribution in [1.82, 2.24) is 9.80 Å². The van der Waals surface area contributed by atoms with Gasteiger partial charge in [-0.15, -0.1) is 11.3 Å². The summed E-state index contributed by atoms with van der Waals surface area (Å²) in [4.78, 5) is 27.2. The van der Waals surface area contributed by atoms with Gasteiger partial charge in [-0.05, 0) is 18.6 Å². The number of hydrogen-bond donors (Lipinski definition) is 1. The minimum Gasteiger partial charge on any atom is -0.481 e. The van der Waals surface area contributed by atoms with Crippen molar-refractivity contribution in [2.45, 2.75) is 13.0 Å². The Hall–Kier alpha value is -1.27. The Bertz CT molecular complexity index is 491. The molecule has 1 fully saturated rings. The summed E-state index contributed by atoms with van der Waals surface area (Å²) in [6.45, 7) is 1.29. The molecule has 1 aromatic heterocycles. The predicted octanol–water partition coefficient (Wildman–Crippen LogP) is 2.36. The van der Waals surface area contributed by atoms with Crippen LogP contribution < -0.4 is 0 Å². The minimum atomic E-state index is -0.831. The lowest BCUT2D eigenvalue weighted by Gasteiger charge is -2.24. The van der Waals surface area contributed by atoms with E-state index in [-0.39, 0.29) is 6.03 Å².